The number of benzene rings is 1. The van der Waals surface area contributed by atoms with Gasteiger partial charge in [-0.3, -0.25) is 9.36 Å². The van der Waals surface area contributed by atoms with Gasteiger partial charge in [0.1, 0.15) is 11.2 Å². The van der Waals surface area contributed by atoms with Crippen molar-refractivity contribution in [2.45, 2.75) is 13.0 Å². The summed E-state index contributed by atoms with van der Waals surface area (Å²) >= 11 is 0. The van der Waals surface area contributed by atoms with Crippen LogP contribution in [0.5, 0.6) is 0 Å². The Balaban J connectivity index is 2.25. The van der Waals surface area contributed by atoms with Gasteiger partial charge in [0.25, 0.3) is 5.56 Å². The lowest BCUT2D eigenvalue weighted by Crippen LogP contribution is -2.25. The number of anilines is 1. The first kappa shape index (κ1) is 16.6. The third-order valence-electron chi connectivity index (χ3n) is 3.86. The van der Waals surface area contributed by atoms with Gasteiger partial charge in [0.15, 0.2) is 5.65 Å². The Bertz CT molecular complexity index is 1020. The van der Waals surface area contributed by atoms with Crippen molar-refractivity contribution in [3.05, 3.63) is 52.4 Å². The van der Waals surface area contributed by atoms with Crippen LogP contribution in [0, 0.1) is 11.3 Å². The van der Waals surface area contributed by atoms with Crippen LogP contribution in [0.1, 0.15) is 12.0 Å². The van der Waals surface area contributed by atoms with E-state index in [1.54, 1.807) is 48.2 Å². The highest BCUT2D eigenvalue weighted by Gasteiger charge is 2.15. The number of hydrogen-bond donors (Lipinski definition) is 1. The van der Waals surface area contributed by atoms with Crippen molar-refractivity contribution in [3.8, 4) is 17.3 Å². The van der Waals surface area contributed by atoms with Crippen LogP contribution >= 0.6 is 0 Å². The maximum absolute atomic E-state index is 13.0. The Kier molecular flexibility index (Phi) is 4.73. The van der Waals surface area contributed by atoms with Gasteiger partial charge in [-0.25, -0.2) is 9.97 Å². The summed E-state index contributed by atoms with van der Waals surface area (Å²) in [5, 5.41) is 9.09. The molecule has 25 heavy (non-hydrogen) atoms. The molecule has 2 heterocycles. The van der Waals surface area contributed by atoms with Crippen LogP contribution in [0.3, 0.4) is 0 Å². The molecule has 1 aromatic carbocycles. The molecule has 0 bridgehead atoms. The van der Waals surface area contributed by atoms with E-state index in [-0.39, 0.29) is 11.3 Å². The Hall–Kier alpha value is -3.24. The molecular formula is C18H17N5O2. The van der Waals surface area contributed by atoms with Crippen molar-refractivity contribution >= 4 is 16.9 Å². The molecule has 7 nitrogen and oxygen atoms in total. The van der Waals surface area contributed by atoms with Gasteiger partial charge in [-0.1, -0.05) is 12.1 Å². The van der Waals surface area contributed by atoms with Crippen molar-refractivity contribution in [2.75, 3.05) is 19.5 Å². The number of rotatable bonds is 5. The average molecular weight is 335 g/mol. The highest BCUT2D eigenvalue weighted by molar-refractivity contribution is 5.85. The highest BCUT2D eigenvalue weighted by Crippen LogP contribution is 2.21. The second-order valence-electron chi connectivity index (χ2n) is 5.53. The van der Waals surface area contributed by atoms with Gasteiger partial charge in [-0.15, -0.1) is 0 Å². The van der Waals surface area contributed by atoms with Gasteiger partial charge in [0.05, 0.1) is 17.3 Å². The number of fused-ring (bicyclic) bond motifs is 1. The molecule has 0 unspecified atom stereocenters. The summed E-state index contributed by atoms with van der Waals surface area (Å²) in [6.07, 6.45) is 2.21. The molecule has 0 atom stereocenters. The summed E-state index contributed by atoms with van der Waals surface area (Å²) in [5.41, 5.74) is 8.43. The summed E-state index contributed by atoms with van der Waals surface area (Å²) in [6.45, 7) is 0.963. The number of aromatic nitrogens is 3. The molecule has 0 saturated heterocycles. The lowest BCUT2D eigenvalue weighted by molar-refractivity contribution is 0.190. The summed E-state index contributed by atoms with van der Waals surface area (Å²) in [5.74, 6) is 0. The minimum absolute atomic E-state index is 0.252. The van der Waals surface area contributed by atoms with Gasteiger partial charge in [-0.05, 0) is 24.6 Å². The fourth-order valence-corrected chi connectivity index (χ4v) is 2.65. The topological polar surface area (TPSA) is 107 Å². The van der Waals surface area contributed by atoms with Crippen molar-refractivity contribution in [2.24, 2.45) is 0 Å². The van der Waals surface area contributed by atoms with E-state index < -0.39 is 0 Å². The van der Waals surface area contributed by atoms with Crippen molar-refractivity contribution in [1.82, 2.24) is 14.5 Å². The van der Waals surface area contributed by atoms with E-state index in [0.29, 0.717) is 47.6 Å². The third-order valence-corrected chi connectivity index (χ3v) is 3.86. The molecular weight excluding hydrogens is 318 g/mol. The van der Waals surface area contributed by atoms with E-state index in [0.717, 1.165) is 0 Å². The number of ether oxygens (including phenoxy) is 1. The van der Waals surface area contributed by atoms with E-state index in [9.17, 15) is 4.79 Å². The molecule has 0 amide bonds. The van der Waals surface area contributed by atoms with Crippen LogP contribution in [0.2, 0.25) is 0 Å². The molecule has 0 aliphatic heterocycles. The molecule has 2 aromatic heterocycles. The molecule has 0 aliphatic rings. The van der Waals surface area contributed by atoms with Crippen molar-refractivity contribution < 1.29 is 4.74 Å². The minimum atomic E-state index is -0.267. The molecule has 2 N–H and O–H groups in total. The van der Waals surface area contributed by atoms with Gasteiger partial charge in [0.2, 0.25) is 0 Å². The Morgan fingerprint density at radius 1 is 1.36 bits per heavy atom. The van der Waals surface area contributed by atoms with Crippen LogP contribution in [0.25, 0.3) is 22.4 Å². The van der Waals surface area contributed by atoms with Gasteiger partial charge in [0, 0.05) is 32.0 Å². The fourth-order valence-electron chi connectivity index (χ4n) is 2.65. The lowest BCUT2D eigenvalue weighted by Gasteiger charge is -2.12. The average Bonchev–Trinajstić information content (AvgIpc) is 2.64. The summed E-state index contributed by atoms with van der Waals surface area (Å²) in [6, 6.07) is 10.5. The van der Waals surface area contributed by atoms with Crippen LogP contribution in [0.4, 0.5) is 5.69 Å². The standard InChI is InChI=1S/C18H17N5O2/c1-25-9-3-8-23-17-16(14(20)6-7-21-17)22-15(18(23)24)13-5-2-4-12(10-13)11-19/h2,4-7,10H,3,8-9H2,1H3,(H2,20,21). The summed E-state index contributed by atoms with van der Waals surface area (Å²) in [7, 11) is 1.61. The zero-order valence-corrected chi connectivity index (χ0v) is 13.8. The molecule has 0 saturated carbocycles. The second-order valence-corrected chi connectivity index (χ2v) is 5.53. The minimum Gasteiger partial charge on any atom is -0.397 e. The van der Waals surface area contributed by atoms with E-state index in [1.807, 2.05) is 0 Å². The zero-order chi connectivity index (χ0) is 17.8. The predicted molar refractivity (Wildman–Crippen MR) is 94.9 cm³/mol. The van der Waals surface area contributed by atoms with Crippen molar-refractivity contribution in [1.29, 1.82) is 5.26 Å². The number of nitrogens with zero attached hydrogens (tertiary/aromatic N) is 4. The molecule has 126 valence electrons. The van der Waals surface area contributed by atoms with E-state index in [2.05, 4.69) is 16.0 Å². The molecule has 7 heteroatoms. The van der Waals surface area contributed by atoms with Crippen LogP contribution < -0.4 is 11.3 Å². The largest absolute Gasteiger partial charge is 0.397 e. The number of nitrogen functional groups attached to an aromatic ring is 1. The van der Waals surface area contributed by atoms with Crippen molar-refractivity contribution in [3.63, 3.8) is 0 Å². The lowest BCUT2D eigenvalue weighted by atomic mass is 10.1. The number of pyridine rings is 1. The Morgan fingerprint density at radius 2 is 2.20 bits per heavy atom. The normalized spacial score (nSPS) is 10.7. The number of nitriles is 1. The monoisotopic (exact) mass is 335 g/mol. The van der Waals surface area contributed by atoms with E-state index in [4.69, 9.17) is 15.7 Å². The molecule has 0 fully saturated rings. The number of aryl methyl sites for hydroxylation is 1. The van der Waals surface area contributed by atoms with E-state index in [1.165, 1.54) is 0 Å². The highest BCUT2D eigenvalue weighted by atomic mass is 16.5. The predicted octanol–water partition coefficient (Wildman–Crippen LogP) is 1.95. The smallest absolute Gasteiger partial charge is 0.278 e. The first-order valence-corrected chi connectivity index (χ1v) is 7.80. The summed E-state index contributed by atoms with van der Waals surface area (Å²) < 4.78 is 6.63. The summed E-state index contributed by atoms with van der Waals surface area (Å²) in [4.78, 5) is 21.7. The zero-order valence-electron chi connectivity index (χ0n) is 13.8. The number of nitrogens with two attached hydrogens (primary N) is 1. The quantitative estimate of drug-likeness (QED) is 0.714. The molecule has 0 radical (unpaired) electrons. The Morgan fingerprint density at radius 3 is 2.96 bits per heavy atom. The fraction of sp³-hybridized carbons (Fsp3) is 0.222. The van der Waals surface area contributed by atoms with Gasteiger partial charge in [-0.2, -0.15) is 5.26 Å². The SMILES string of the molecule is COCCCn1c(=O)c(-c2cccc(C#N)c2)nc2c(N)ccnc21. The second kappa shape index (κ2) is 7.11. The third kappa shape index (κ3) is 3.20. The maximum Gasteiger partial charge on any atom is 0.278 e. The Labute approximate surface area is 144 Å². The van der Waals surface area contributed by atoms with Crippen LogP contribution in [0.15, 0.2) is 41.3 Å². The first-order chi connectivity index (χ1) is 12.2. The molecule has 3 rings (SSSR count). The number of methoxy groups -OCH3 is 1. The molecule has 0 spiro atoms. The van der Waals surface area contributed by atoms with Crippen LogP contribution in [-0.4, -0.2) is 28.3 Å². The maximum atomic E-state index is 13.0. The molecule has 3 aromatic rings. The van der Waals surface area contributed by atoms with E-state index >= 15 is 0 Å². The van der Waals surface area contributed by atoms with Gasteiger partial charge >= 0.3 is 0 Å². The molecule has 0 aliphatic carbocycles. The van der Waals surface area contributed by atoms with Crippen LogP contribution in [-0.2, 0) is 11.3 Å². The van der Waals surface area contributed by atoms with Gasteiger partial charge < -0.3 is 10.5 Å². The first-order valence-electron chi connectivity index (χ1n) is 7.80. The number of hydrogen-bond acceptors (Lipinski definition) is 6.